The zero-order valence-corrected chi connectivity index (χ0v) is 14.9. The van der Waals surface area contributed by atoms with E-state index >= 15 is 0 Å². The molecule has 0 aliphatic carbocycles. The van der Waals surface area contributed by atoms with Gasteiger partial charge in [0.1, 0.15) is 5.69 Å². The highest BCUT2D eigenvalue weighted by Gasteiger charge is 2.26. The van der Waals surface area contributed by atoms with Crippen molar-refractivity contribution in [1.29, 1.82) is 0 Å². The molecule has 1 atom stereocenters. The lowest BCUT2D eigenvalue weighted by atomic mass is 9.92. The van der Waals surface area contributed by atoms with Crippen molar-refractivity contribution in [2.75, 3.05) is 33.4 Å². The van der Waals surface area contributed by atoms with E-state index in [-0.39, 0.29) is 0 Å². The van der Waals surface area contributed by atoms with Crippen LogP contribution in [0.25, 0.3) is 11.4 Å². The largest absolute Gasteiger partial charge is 0.383 e. The minimum absolute atomic E-state index is 0.300. The molecule has 0 saturated carbocycles. The molecule has 3 heterocycles. The number of rotatable bonds is 6. The minimum Gasteiger partial charge on any atom is -0.383 e. The van der Waals surface area contributed by atoms with E-state index in [4.69, 9.17) is 9.72 Å². The van der Waals surface area contributed by atoms with Crippen LogP contribution in [0.15, 0.2) is 24.7 Å². The van der Waals surface area contributed by atoms with E-state index in [1.165, 1.54) is 6.42 Å². The van der Waals surface area contributed by atoms with Gasteiger partial charge in [-0.25, -0.2) is 0 Å². The molecule has 0 N–H and O–H groups in total. The summed E-state index contributed by atoms with van der Waals surface area (Å²) in [4.78, 5) is 11.8. The highest BCUT2D eigenvalue weighted by molar-refractivity contribution is 5.58. The molecule has 1 saturated heterocycles. The summed E-state index contributed by atoms with van der Waals surface area (Å²) in [6.07, 6.45) is 7.78. The van der Waals surface area contributed by atoms with Gasteiger partial charge in [-0.05, 0) is 39.3 Å². The van der Waals surface area contributed by atoms with Crippen molar-refractivity contribution in [1.82, 2.24) is 24.6 Å². The van der Waals surface area contributed by atoms with Crippen molar-refractivity contribution in [2.24, 2.45) is 0 Å². The van der Waals surface area contributed by atoms with Gasteiger partial charge in [0, 0.05) is 50.7 Å². The molecular formula is C18H27N5O. The first-order valence-electron chi connectivity index (χ1n) is 8.76. The van der Waals surface area contributed by atoms with Crippen LogP contribution < -0.4 is 0 Å². The lowest BCUT2D eigenvalue weighted by molar-refractivity contribution is 0.127. The van der Waals surface area contributed by atoms with Crippen LogP contribution in [0.1, 0.15) is 44.3 Å². The van der Waals surface area contributed by atoms with Gasteiger partial charge in [0.15, 0.2) is 0 Å². The van der Waals surface area contributed by atoms with Crippen molar-refractivity contribution in [3.05, 3.63) is 30.4 Å². The quantitative estimate of drug-likeness (QED) is 0.815. The minimum atomic E-state index is 0.300. The van der Waals surface area contributed by atoms with Gasteiger partial charge in [-0.15, -0.1) is 0 Å². The molecule has 1 aliphatic rings. The summed E-state index contributed by atoms with van der Waals surface area (Å²) < 4.78 is 7.26. The number of hydrogen-bond donors (Lipinski definition) is 0. The first kappa shape index (κ1) is 17.0. The molecule has 0 spiro atoms. The number of hydrogen-bond acceptors (Lipinski definition) is 5. The molecule has 0 bridgehead atoms. The summed E-state index contributed by atoms with van der Waals surface area (Å²) in [5.74, 6) is 0.412. The summed E-state index contributed by atoms with van der Waals surface area (Å²) in [5.41, 5.74) is 3.13. The van der Waals surface area contributed by atoms with Crippen LogP contribution >= 0.6 is 0 Å². The van der Waals surface area contributed by atoms with Gasteiger partial charge < -0.3 is 9.64 Å². The van der Waals surface area contributed by atoms with E-state index in [2.05, 4.69) is 28.8 Å². The third-order valence-electron chi connectivity index (χ3n) is 4.63. The SMILES string of the molecule is COCCN1CCCC(c2nccnc2-c2ccnn2C(C)C)C1. The number of ether oxygens (including phenoxy) is 1. The summed E-state index contributed by atoms with van der Waals surface area (Å²) in [6.45, 7) is 8.19. The molecule has 6 heteroatoms. The summed E-state index contributed by atoms with van der Waals surface area (Å²) in [5, 5.41) is 4.46. The summed E-state index contributed by atoms with van der Waals surface area (Å²) in [7, 11) is 1.76. The second-order valence-corrected chi connectivity index (χ2v) is 6.68. The summed E-state index contributed by atoms with van der Waals surface area (Å²) >= 11 is 0. The van der Waals surface area contributed by atoms with Gasteiger partial charge in [0.05, 0.1) is 18.0 Å². The van der Waals surface area contributed by atoms with Gasteiger partial charge in [0.25, 0.3) is 0 Å². The van der Waals surface area contributed by atoms with Crippen LogP contribution in [-0.2, 0) is 4.74 Å². The highest BCUT2D eigenvalue weighted by Crippen LogP contribution is 2.32. The number of likely N-dealkylation sites (tertiary alicyclic amines) is 1. The van der Waals surface area contributed by atoms with Gasteiger partial charge in [-0.1, -0.05) is 0 Å². The molecule has 1 fully saturated rings. The van der Waals surface area contributed by atoms with Gasteiger partial charge >= 0.3 is 0 Å². The van der Waals surface area contributed by atoms with Crippen LogP contribution in [-0.4, -0.2) is 58.0 Å². The van der Waals surface area contributed by atoms with Crippen molar-refractivity contribution in [3.63, 3.8) is 0 Å². The van der Waals surface area contributed by atoms with E-state index in [0.29, 0.717) is 12.0 Å². The number of aromatic nitrogens is 4. The van der Waals surface area contributed by atoms with E-state index in [0.717, 1.165) is 49.7 Å². The Bertz CT molecular complexity index is 654. The maximum absolute atomic E-state index is 5.23. The maximum Gasteiger partial charge on any atom is 0.110 e. The van der Waals surface area contributed by atoms with Crippen LogP contribution in [0.4, 0.5) is 0 Å². The fourth-order valence-electron chi connectivity index (χ4n) is 3.46. The van der Waals surface area contributed by atoms with Crippen molar-refractivity contribution < 1.29 is 4.74 Å². The zero-order valence-electron chi connectivity index (χ0n) is 14.9. The Morgan fingerprint density at radius 1 is 1.25 bits per heavy atom. The molecule has 0 aromatic carbocycles. The zero-order chi connectivity index (χ0) is 16.9. The predicted octanol–water partition coefficient (Wildman–Crippen LogP) is 2.75. The Hall–Kier alpha value is -1.79. The lowest BCUT2D eigenvalue weighted by Gasteiger charge is -2.32. The Labute approximate surface area is 143 Å². The third-order valence-corrected chi connectivity index (χ3v) is 4.63. The second kappa shape index (κ2) is 7.85. The number of piperidine rings is 1. The average molecular weight is 329 g/mol. The van der Waals surface area contributed by atoms with Gasteiger partial charge in [-0.2, -0.15) is 5.10 Å². The van der Waals surface area contributed by atoms with Crippen molar-refractivity contribution >= 4 is 0 Å². The molecular weight excluding hydrogens is 302 g/mol. The summed E-state index contributed by atoms with van der Waals surface area (Å²) in [6, 6.07) is 2.34. The van der Waals surface area contributed by atoms with Crippen LogP contribution in [0, 0.1) is 0 Å². The Balaban J connectivity index is 1.88. The molecule has 1 aliphatic heterocycles. The number of nitrogens with zero attached hydrogens (tertiary/aromatic N) is 5. The first-order chi connectivity index (χ1) is 11.7. The molecule has 3 rings (SSSR count). The average Bonchev–Trinajstić information content (AvgIpc) is 3.10. The molecule has 1 unspecified atom stereocenters. The molecule has 0 amide bonds. The molecule has 24 heavy (non-hydrogen) atoms. The second-order valence-electron chi connectivity index (χ2n) is 6.68. The first-order valence-corrected chi connectivity index (χ1v) is 8.76. The smallest absolute Gasteiger partial charge is 0.110 e. The van der Waals surface area contributed by atoms with Crippen LogP contribution in [0.3, 0.4) is 0 Å². The molecule has 0 radical (unpaired) electrons. The van der Waals surface area contributed by atoms with E-state index < -0.39 is 0 Å². The van der Waals surface area contributed by atoms with E-state index in [1.54, 1.807) is 13.3 Å². The Morgan fingerprint density at radius 3 is 2.88 bits per heavy atom. The normalized spacial score (nSPS) is 19.1. The molecule has 2 aromatic rings. The fraction of sp³-hybridized carbons (Fsp3) is 0.611. The molecule has 6 nitrogen and oxygen atoms in total. The van der Waals surface area contributed by atoms with Crippen molar-refractivity contribution in [3.8, 4) is 11.4 Å². The monoisotopic (exact) mass is 329 g/mol. The lowest BCUT2D eigenvalue weighted by Crippen LogP contribution is -2.37. The highest BCUT2D eigenvalue weighted by atomic mass is 16.5. The molecule has 130 valence electrons. The maximum atomic E-state index is 5.23. The predicted molar refractivity (Wildman–Crippen MR) is 93.9 cm³/mol. The molecule has 2 aromatic heterocycles. The van der Waals surface area contributed by atoms with Crippen LogP contribution in [0.5, 0.6) is 0 Å². The van der Waals surface area contributed by atoms with E-state index in [1.807, 2.05) is 23.1 Å². The number of methoxy groups -OCH3 is 1. The topological polar surface area (TPSA) is 56.1 Å². The van der Waals surface area contributed by atoms with Crippen LogP contribution in [0.2, 0.25) is 0 Å². The fourth-order valence-corrected chi connectivity index (χ4v) is 3.46. The Kier molecular flexibility index (Phi) is 5.58. The van der Waals surface area contributed by atoms with Gasteiger partial charge in [-0.3, -0.25) is 14.6 Å². The third kappa shape index (κ3) is 3.65. The standard InChI is InChI=1S/C18H27N5O/c1-14(2)23-16(6-7-21-23)18-17(19-8-9-20-18)15-5-4-10-22(13-15)11-12-24-3/h6-9,14-15H,4-5,10-13H2,1-3H3. The Morgan fingerprint density at radius 2 is 2.08 bits per heavy atom. The van der Waals surface area contributed by atoms with Crippen molar-refractivity contribution in [2.45, 2.75) is 38.6 Å². The van der Waals surface area contributed by atoms with Gasteiger partial charge in [0.2, 0.25) is 0 Å². The van der Waals surface area contributed by atoms with E-state index in [9.17, 15) is 0 Å².